The molecule has 82 valence electrons. The summed E-state index contributed by atoms with van der Waals surface area (Å²) in [6.07, 6.45) is 3.38. The summed E-state index contributed by atoms with van der Waals surface area (Å²) in [6.45, 7) is 0. The van der Waals surface area contributed by atoms with E-state index in [4.69, 9.17) is 5.73 Å². The molecule has 1 heterocycles. The Hall–Kier alpha value is -2.42. The summed E-state index contributed by atoms with van der Waals surface area (Å²) >= 11 is 0. The molecule has 0 amide bonds. The first-order valence-corrected chi connectivity index (χ1v) is 5.38. The topological polar surface area (TPSA) is 51.8 Å². The van der Waals surface area contributed by atoms with Gasteiger partial charge < -0.3 is 5.73 Å². The molecule has 0 saturated heterocycles. The Morgan fingerprint density at radius 2 is 1.82 bits per heavy atom. The maximum Gasteiger partial charge on any atom is 0.116 e. The minimum absolute atomic E-state index is 0.770. The average molecular weight is 221 g/mol. The second-order valence-corrected chi connectivity index (χ2v) is 3.92. The van der Waals surface area contributed by atoms with Gasteiger partial charge in [-0.05, 0) is 35.4 Å². The number of nitrogen functional groups attached to an aromatic ring is 1. The molecule has 0 fully saturated rings. The second kappa shape index (κ2) is 3.87. The van der Waals surface area contributed by atoms with Crippen LogP contribution in [0.15, 0.2) is 55.0 Å². The van der Waals surface area contributed by atoms with Crippen LogP contribution in [-0.4, -0.2) is 9.97 Å². The van der Waals surface area contributed by atoms with Crippen molar-refractivity contribution < 1.29 is 0 Å². The minimum Gasteiger partial charge on any atom is -0.399 e. The molecule has 0 atom stereocenters. The van der Waals surface area contributed by atoms with E-state index in [0.29, 0.717) is 0 Å². The van der Waals surface area contributed by atoms with Crippen LogP contribution in [0.3, 0.4) is 0 Å². The Balaban J connectivity index is 2.18. The molecule has 3 nitrogen and oxygen atoms in total. The largest absolute Gasteiger partial charge is 0.399 e. The lowest BCUT2D eigenvalue weighted by atomic mass is 10.0. The SMILES string of the molecule is Nc1cccc(-c2ccc3ncncc3c2)c1. The summed E-state index contributed by atoms with van der Waals surface area (Å²) < 4.78 is 0. The normalized spacial score (nSPS) is 10.6. The molecule has 0 aliphatic heterocycles. The van der Waals surface area contributed by atoms with E-state index >= 15 is 0 Å². The van der Waals surface area contributed by atoms with Gasteiger partial charge in [0.2, 0.25) is 0 Å². The van der Waals surface area contributed by atoms with Gasteiger partial charge in [-0.2, -0.15) is 0 Å². The molecule has 2 aromatic carbocycles. The van der Waals surface area contributed by atoms with E-state index < -0.39 is 0 Å². The smallest absolute Gasteiger partial charge is 0.116 e. The fourth-order valence-electron chi connectivity index (χ4n) is 1.88. The highest BCUT2D eigenvalue weighted by molar-refractivity contribution is 5.84. The highest BCUT2D eigenvalue weighted by Gasteiger charge is 2.00. The molecule has 0 saturated carbocycles. The van der Waals surface area contributed by atoms with Crippen LogP contribution in [0, 0.1) is 0 Å². The van der Waals surface area contributed by atoms with Crippen molar-refractivity contribution in [1.29, 1.82) is 0 Å². The van der Waals surface area contributed by atoms with Crippen LogP contribution >= 0.6 is 0 Å². The molecule has 0 aliphatic carbocycles. The molecule has 17 heavy (non-hydrogen) atoms. The molecule has 0 spiro atoms. The summed E-state index contributed by atoms with van der Waals surface area (Å²) in [7, 11) is 0. The molecule has 0 bridgehead atoms. The molecule has 2 N–H and O–H groups in total. The summed E-state index contributed by atoms with van der Waals surface area (Å²) in [6, 6.07) is 14.0. The first kappa shape index (κ1) is 9.78. The Bertz CT molecular complexity index is 677. The number of nitrogens with two attached hydrogens (primary N) is 1. The summed E-state index contributed by atoms with van der Waals surface area (Å²) in [5, 5.41) is 1.03. The molecule has 1 aromatic heterocycles. The third-order valence-electron chi connectivity index (χ3n) is 2.72. The van der Waals surface area contributed by atoms with Gasteiger partial charge in [-0.1, -0.05) is 18.2 Å². The maximum absolute atomic E-state index is 5.78. The number of hydrogen-bond acceptors (Lipinski definition) is 3. The Morgan fingerprint density at radius 3 is 2.71 bits per heavy atom. The van der Waals surface area contributed by atoms with Crippen LogP contribution in [-0.2, 0) is 0 Å². The van der Waals surface area contributed by atoms with Gasteiger partial charge >= 0.3 is 0 Å². The third-order valence-corrected chi connectivity index (χ3v) is 2.72. The van der Waals surface area contributed by atoms with Crippen LogP contribution in [0.4, 0.5) is 5.69 Å². The van der Waals surface area contributed by atoms with Crippen molar-refractivity contribution in [1.82, 2.24) is 9.97 Å². The van der Waals surface area contributed by atoms with Gasteiger partial charge in [0.15, 0.2) is 0 Å². The van der Waals surface area contributed by atoms with E-state index in [1.807, 2.05) is 42.6 Å². The monoisotopic (exact) mass is 221 g/mol. The zero-order valence-electron chi connectivity index (χ0n) is 9.17. The zero-order valence-corrected chi connectivity index (χ0v) is 9.17. The molecule has 0 radical (unpaired) electrons. The number of aromatic nitrogens is 2. The number of fused-ring (bicyclic) bond motifs is 1. The molecule has 0 unspecified atom stereocenters. The fraction of sp³-hybridized carbons (Fsp3) is 0. The molecule has 0 aliphatic rings. The number of benzene rings is 2. The Labute approximate surface area is 98.9 Å². The second-order valence-electron chi connectivity index (χ2n) is 3.92. The predicted octanol–water partition coefficient (Wildman–Crippen LogP) is 2.88. The Kier molecular flexibility index (Phi) is 2.22. The van der Waals surface area contributed by atoms with Crippen molar-refractivity contribution >= 4 is 16.6 Å². The summed E-state index contributed by atoms with van der Waals surface area (Å²) in [5.74, 6) is 0. The number of hydrogen-bond donors (Lipinski definition) is 1. The number of nitrogens with zero attached hydrogens (tertiary/aromatic N) is 2. The molecule has 3 rings (SSSR count). The van der Waals surface area contributed by atoms with Gasteiger partial charge in [0.1, 0.15) is 6.33 Å². The lowest BCUT2D eigenvalue weighted by Crippen LogP contribution is -1.86. The highest BCUT2D eigenvalue weighted by Crippen LogP contribution is 2.24. The van der Waals surface area contributed by atoms with E-state index in [0.717, 1.165) is 27.7 Å². The van der Waals surface area contributed by atoms with Crippen LogP contribution in [0.1, 0.15) is 0 Å². The molecular weight excluding hydrogens is 210 g/mol. The van der Waals surface area contributed by atoms with Crippen molar-refractivity contribution in [3.05, 3.63) is 55.0 Å². The lowest BCUT2D eigenvalue weighted by Gasteiger charge is -2.04. The molecular formula is C14H11N3. The van der Waals surface area contributed by atoms with Crippen LogP contribution in [0.5, 0.6) is 0 Å². The van der Waals surface area contributed by atoms with E-state index in [1.54, 1.807) is 6.33 Å². The van der Waals surface area contributed by atoms with Crippen molar-refractivity contribution in [3.63, 3.8) is 0 Å². The van der Waals surface area contributed by atoms with Crippen molar-refractivity contribution in [2.45, 2.75) is 0 Å². The number of rotatable bonds is 1. The third kappa shape index (κ3) is 1.83. The minimum atomic E-state index is 0.770. The van der Waals surface area contributed by atoms with Gasteiger partial charge in [0, 0.05) is 17.3 Å². The van der Waals surface area contributed by atoms with Crippen molar-refractivity contribution in [3.8, 4) is 11.1 Å². The number of anilines is 1. The van der Waals surface area contributed by atoms with Crippen molar-refractivity contribution in [2.24, 2.45) is 0 Å². The van der Waals surface area contributed by atoms with E-state index in [1.165, 1.54) is 0 Å². The fourth-order valence-corrected chi connectivity index (χ4v) is 1.88. The predicted molar refractivity (Wildman–Crippen MR) is 69.4 cm³/mol. The van der Waals surface area contributed by atoms with Crippen molar-refractivity contribution in [2.75, 3.05) is 5.73 Å². The Morgan fingerprint density at radius 1 is 0.941 bits per heavy atom. The lowest BCUT2D eigenvalue weighted by molar-refractivity contribution is 1.22. The van der Waals surface area contributed by atoms with Crippen LogP contribution < -0.4 is 5.73 Å². The van der Waals surface area contributed by atoms with Gasteiger partial charge in [-0.25, -0.2) is 9.97 Å². The quantitative estimate of drug-likeness (QED) is 0.643. The van der Waals surface area contributed by atoms with Crippen LogP contribution in [0.25, 0.3) is 22.0 Å². The van der Waals surface area contributed by atoms with Gasteiger partial charge in [0.05, 0.1) is 5.52 Å². The highest BCUT2D eigenvalue weighted by atomic mass is 14.8. The average Bonchev–Trinajstić information content (AvgIpc) is 2.38. The van der Waals surface area contributed by atoms with E-state index in [-0.39, 0.29) is 0 Å². The van der Waals surface area contributed by atoms with Gasteiger partial charge in [-0.3, -0.25) is 0 Å². The zero-order chi connectivity index (χ0) is 11.7. The van der Waals surface area contributed by atoms with E-state index in [9.17, 15) is 0 Å². The first-order chi connectivity index (χ1) is 8.33. The van der Waals surface area contributed by atoms with E-state index in [2.05, 4.69) is 16.0 Å². The summed E-state index contributed by atoms with van der Waals surface area (Å²) in [4.78, 5) is 8.23. The first-order valence-electron chi connectivity index (χ1n) is 5.38. The molecule has 3 heteroatoms. The summed E-state index contributed by atoms with van der Waals surface area (Å²) in [5.41, 5.74) is 9.74. The molecule has 3 aromatic rings. The van der Waals surface area contributed by atoms with Crippen LogP contribution in [0.2, 0.25) is 0 Å². The standard InChI is InChI=1S/C14H11N3/c15-13-3-1-2-10(7-13)11-4-5-14-12(6-11)8-16-9-17-14/h1-9H,15H2. The van der Waals surface area contributed by atoms with Gasteiger partial charge in [0.25, 0.3) is 0 Å². The van der Waals surface area contributed by atoms with Gasteiger partial charge in [-0.15, -0.1) is 0 Å². The maximum atomic E-state index is 5.78.